The van der Waals surface area contributed by atoms with Crippen LogP contribution in [0.3, 0.4) is 0 Å². The zero-order valence-electron chi connectivity index (χ0n) is 14.0. The van der Waals surface area contributed by atoms with E-state index in [4.69, 9.17) is 12.2 Å². The number of likely N-dealkylation sites (N-methyl/N-ethyl adjacent to an activating group) is 1. The molecule has 0 aliphatic carbocycles. The first-order chi connectivity index (χ1) is 12.1. The number of amides is 1. The van der Waals surface area contributed by atoms with Crippen molar-refractivity contribution in [2.24, 2.45) is 0 Å². The Bertz CT molecular complexity index is 727. The van der Waals surface area contributed by atoms with Gasteiger partial charge in [0, 0.05) is 10.9 Å². The first-order valence-electron chi connectivity index (χ1n) is 8.15. The minimum Gasteiger partial charge on any atom is -0.346 e. The Hall–Kier alpha value is -1.48. The normalized spacial score (nSPS) is 15.2. The lowest BCUT2D eigenvalue weighted by atomic mass is 10.2. The van der Waals surface area contributed by atoms with Crippen molar-refractivity contribution in [3.8, 4) is 11.3 Å². The first kappa shape index (κ1) is 18.3. The molecule has 0 unspecified atom stereocenters. The molecule has 0 radical (unpaired) electrons. The molecular formula is C17H21N4OS3+. The van der Waals surface area contributed by atoms with Gasteiger partial charge in [-0.2, -0.15) is 0 Å². The van der Waals surface area contributed by atoms with Crippen LogP contribution >= 0.6 is 35.3 Å². The second-order valence-electron chi connectivity index (χ2n) is 5.95. The van der Waals surface area contributed by atoms with Crippen LogP contribution in [0.4, 0.5) is 5.13 Å². The van der Waals surface area contributed by atoms with Gasteiger partial charge in [0.2, 0.25) is 5.91 Å². The third-order valence-corrected chi connectivity index (χ3v) is 6.30. The van der Waals surface area contributed by atoms with Crippen LogP contribution in [0.5, 0.6) is 0 Å². The molecule has 2 N–H and O–H groups in total. The molecule has 1 amide bonds. The fourth-order valence-corrected chi connectivity index (χ4v) is 4.30. The van der Waals surface area contributed by atoms with E-state index < -0.39 is 0 Å². The molecule has 0 spiro atoms. The molecule has 0 bridgehead atoms. The Labute approximate surface area is 161 Å². The minimum atomic E-state index is -0.0685. The van der Waals surface area contributed by atoms with Gasteiger partial charge in [-0.15, -0.1) is 11.3 Å². The van der Waals surface area contributed by atoms with Crippen molar-refractivity contribution in [1.29, 1.82) is 0 Å². The Kier molecular flexibility index (Phi) is 6.41. The maximum absolute atomic E-state index is 12.1. The molecule has 132 valence electrons. The summed E-state index contributed by atoms with van der Waals surface area (Å²) in [6, 6.07) is 9.94. The zero-order chi connectivity index (χ0) is 17.6. The maximum atomic E-state index is 12.1. The lowest BCUT2D eigenvalue weighted by Gasteiger charge is -2.31. The van der Waals surface area contributed by atoms with Crippen LogP contribution in [0.1, 0.15) is 0 Å². The summed E-state index contributed by atoms with van der Waals surface area (Å²) >= 11 is 8.31. The number of anilines is 1. The van der Waals surface area contributed by atoms with E-state index in [2.05, 4.69) is 22.2 Å². The summed E-state index contributed by atoms with van der Waals surface area (Å²) in [6.07, 6.45) is 0. The summed E-state index contributed by atoms with van der Waals surface area (Å²) in [7, 11) is 2.19. The lowest BCUT2D eigenvalue weighted by molar-refractivity contribution is -0.883. The fraction of sp³-hybridized carbons (Fsp3) is 0.353. The largest absolute Gasteiger partial charge is 0.346 e. The van der Waals surface area contributed by atoms with Gasteiger partial charge in [0.1, 0.15) is 4.32 Å². The highest BCUT2D eigenvalue weighted by Gasteiger charge is 2.19. The number of carbonyl (C=O) groups is 1. The molecule has 1 aliphatic rings. The van der Waals surface area contributed by atoms with E-state index in [-0.39, 0.29) is 5.91 Å². The third-order valence-electron chi connectivity index (χ3n) is 4.02. The van der Waals surface area contributed by atoms with E-state index in [1.165, 1.54) is 28.0 Å². The highest BCUT2D eigenvalue weighted by atomic mass is 32.2. The summed E-state index contributed by atoms with van der Waals surface area (Å²) in [4.78, 5) is 20.3. The van der Waals surface area contributed by atoms with Crippen LogP contribution in [-0.4, -0.2) is 59.1 Å². The van der Waals surface area contributed by atoms with Crippen molar-refractivity contribution in [1.82, 2.24) is 9.88 Å². The number of nitrogens with one attached hydrogen (secondary N) is 2. The predicted octanol–water partition coefficient (Wildman–Crippen LogP) is 1.60. The Balaban J connectivity index is 1.47. The second-order valence-corrected chi connectivity index (χ2v) is 8.42. The minimum absolute atomic E-state index is 0.0685. The SMILES string of the molecule is C[NH+]1CCN(C(=S)SCC(=O)Nc2nc(-c3ccccc3)cs2)CC1. The lowest BCUT2D eigenvalue weighted by Crippen LogP contribution is -3.12. The van der Waals surface area contributed by atoms with Gasteiger partial charge >= 0.3 is 0 Å². The highest BCUT2D eigenvalue weighted by Crippen LogP contribution is 2.24. The van der Waals surface area contributed by atoms with Gasteiger partial charge in [0.15, 0.2) is 5.13 Å². The van der Waals surface area contributed by atoms with Crippen LogP contribution in [0.2, 0.25) is 0 Å². The molecule has 1 aromatic carbocycles. The van der Waals surface area contributed by atoms with Gasteiger partial charge in [-0.3, -0.25) is 4.79 Å². The van der Waals surface area contributed by atoms with Crippen LogP contribution in [0.15, 0.2) is 35.7 Å². The number of benzene rings is 1. The van der Waals surface area contributed by atoms with Crippen molar-refractivity contribution in [3.63, 3.8) is 0 Å². The fourth-order valence-electron chi connectivity index (χ4n) is 2.52. The Morgan fingerprint density at radius 1 is 1.36 bits per heavy atom. The van der Waals surface area contributed by atoms with Crippen LogP contribution in [0, 0.1) is 0 Å². The number of nitrogens with zero attached hydrogens (tertiary/aromatic N) is 2. The molecule has 1 aliphatic heterocycles. The number of thiazole rings is 1. The average molecular weight is 394 g/mol. The van der Waals surface area contributed by atoms with Crippen molar-refractivity contribution in [3.05, 3.63) is 35.7 Å². The van der Waals surface area contributed by atoms with E-state index in [0.717, 1.165) is 41.8 Å². The molecular weight excluding hydrogens is 372 g/mol. The summed E-state index contributed by atoms with van der Waals surface area (Å²) in [6.45, 7) is 4.11. The number of hydrogen-bond acceptors (Lipinski definition) is 5. The number of rotatable bonds is 4. The molecule has 25 heavy (non-hydrogen) atoms. The smallest absolute Gasteiger partial charge is 0.236 e. The van der Waals surface area contributed by atoms with Gasteiger partial charge in [-0.1, -0.05) is 54.3 Å². The molecule has 1 aromatic heterocycles. The van der Waals surface area contributed by atoms with Crippen molar-refractivity contribution in [2.45, 2.75) is 0 Å². The zero-order valence-corrected chi connectivity index (χ0v) is 16.5. The molecule has 2 heterocycles. The molecule has 3 rings (SSSR count). The van der Waals surface area contributed by atoms with E-state index in [1.807, 2.05) is 35.7 Å². The number of aromatic nitrogens is 1. The monoisotopic (exact) mass is 393 g/mol. The van der Waals surface area contributed by atoms with Gasteiger partial charge in [0.25, 0.3) is 0 Å². The van der Waals surface area contributed by atoms with Gasteiger partial charge in [-0.05, 0) is 0 Å². The molecule has 5 nitrogen and oxygen atoms in total. The van der Waals surface area contributed by atoms with Crippen LogP contribution in [0.25, 0.3) is 11.3 Å². The Morgan fingerprint density at radius 3 is 2.80 bits per heavy atom. The van der Waals surface area contributed by atoms with Crippen LogP contribution < -0.4 is 10.2 Å². The van der Waals surface area contributed by atoms with E-state index >= 15 is 0 Å². The summed E-state index contributed by atoms with van der Waals surface area (Å²) in [5, 5.41) is 5.44. The van der Waals surface area contributed by atoms with Gasteiger partial charge < -0.3 is 15.1 Å². The van der Waals surface area contributed by atoms with E-state index in [1.54, 1.807) is 0 Å². The van der Waals surface area contributed by atoms with Crippen LogP contribution in [-0.2, 0) is 4.79 Å². The molecule has 1 fully saturated rings. The average Bonchev–Trinajstić information content (AvgIpc) is 3.09. The number of carbonyl (C=O) groups excluding carboxylic acids is 1. The number of quaternary nitrogens is 1. The van der Waals surface area contributed by atoms with Crippen molar-refractivity contribution in [2.75, 3.05) is 44.3 Å². The summed E-state index contributed by atoms with van der Waals surface area (Å²) < 4.78 is 0.812. The standard InChI is InChI=1S/C17H20N4OS3/c1-20-7-9-21(10-8-20)17(23)25-12-15(22)19-16-18-14(11-24-16)13-5-3-2-4-6-13/h2-6,11H,7-10,12H2,1H3,(H,18,19,22)/p+1. The number of thiocarbonyl (C=S) groups is 1. The molecule has 0 saturated carbocycles. The Morgan fingerprint density at radius 2 is 2.08 bits per heavy atom. The quantitative estimate of drug-likeness (QED) is 0.773. The molecule has 8 heteroatoms. The molecule has 1 saturated heterocycles. The molecule has 2 aromatic rings. The highest BCUT2D eigenvalue weighted by molar-refractivity contribution is 8.23. The predicted molar refractivity (Wildman–Crippen MR) is 109 cm³/mol. The number of piperazine rings is 1. The topological polar surface area (TPSA) is 49.7 Å². The van der Waals surface area contributed by atoms with E-state index in [9.17, 15) is 4.79 Å². The second kappa shape index (κ2) is 8.75. The number of thioether (sulfide) groups is 1. The summed E-state index contributed by atoms with van der Waals surface area (Å²) in [5.41, 5.74) is 1.93. The van der Waals surface area contributed by atoms with Gasteiger partial charge in [-0.25, -0.2) is 4.98 Å². The summed E-state index contributed by atoms with van der Waals surface area (Å²) in [5.74, 6) is 0.249. The van der Waals surface area contributed by atoms with Gasteiger partial charge in [0.05, 0.1) is 44.7 Å². The van der Waals surface area contributed by atoms with Crippen molar-refractivity contribution >= 4 is 50.7 Å². The molecule has 0 atom stereocenters. The third kappa shape index (κ3) is 5.24. The number of hydrogen-bond donors (Lipinski definition) is 2. The maximum Gasteiger partial charge on any atom is 0.236 e. The van der Waals surface area contributed by atoms with E-state index in [0.29, 0.717) is 10.9 Å². The van der Waals surface area contributed by atoms with Crippen molar-refractivity contribution < 1.29 is 9.69 Å². The first-order valence-corrected chi connectivity index (χ1v) is 10.4.